The van der Waals surface area contributed by atoms with Crippen molar-refractivity contribution in [2.75, 3.05) is 13.1 Å². The fourth-order valence-electron chi connectivity index (χ4n) is 2.20. The minimum absolute atomic E-state index is 0.263. The van der Waals surface area contributed by atoms with E-state index < -0.39 is 0 Å². The van der Waals surface area contributed by atoms with E-state index in [9.17, 15) is 9.90 Å². The minimum Gasteiger partial charge on any atom is -0.393 e. The van der Waals surface area contributed by atoms with Crippen LogP contribution in [0.2, 0.25) is 0 Å². The lowest BCUT2D eigenvalue weighted by Gasteiger charge is -2.34. The molecule has 1 saturated heterocycles. The molecule has 1 aliphatic heterocycles. The molecule has 3 heteroatoms. The van der Waals surface area contributed by atoms with E-state index in [1.807, 2.05) is 11.8 Å². The highest BCUT2D eigenvalue weighted by Gasteiger charge is 2.26. The zero-order valence-corrected chi connectivity index (χ0v) is 10.8. The van der Waals surface area contributed by atoms with Crippen LogP contribution in [-0.4, -0.2) is 35.1 Å². The van der Waals surface area contributed by atoms with Crippen LogP contribution in [0.4, 0.5) is 0 Å². The molecule has 1 rings (SSSR count). The highest BCUT2D eigenvalue weighted by Crippen LogP contribution is 2.20. The van der Waals surface area contributed by atoms with Crippen molar-refractivity contribution in [3.05, 3.63) is 0 Å². The van der Waals surface area contributed by atoms with Crippen molar-refractivity contribution in [1.29, 1.82) is 0 Å². The summed E-state index contributed by atoms with van der Waals surface area (Å²) in [6.45, 7) is 7.73. The van der Waals surface area contributed by atoms with E-state index in [0.717, 1.165) is 32.4 Å². The summed E-state index contributed by atoms with van der Waals surface area (Å²) in [6, 6.07) is 0. The zero-order chi connectivity index (χ0) is 12.1. The van der Waals surface area contributed by atoms with E-state index in [4.69, 9.17) is 0 Å². The van der Waals surface area contributed by atoms with Gasteiger partial charge >= 0.3 is 0 Å². The molecule has 0 aromatic carbocycles. The van der Waals surface area contributed by atoms with Crippen LogP contribution in [0, 0.1) is 11.8 Å². The SMILES string of the molecule is CC(C)CCC(=O)N1CCCC(C(C)O)C1. The summed E-state index contributed by atoms with van der Waals surface area (Å²) in [7, 11) is 0. The lowest BCUT2D eigenvalue weighted by molar-refractivity contribution is -0.134. The largest absolute Gasteiger partial charge is 0.393 e. The number of likely N-dealkylation sites (tertiary alicyclic amines) is 1. The van der Waals surface area contributed by atoms with Crippen LogP contribution in [0.25, 0.3) is 0 Å². The second-order valence-electron chi connectivity index (χ2n) is 5.42. The standard InChI is InChI=1S/C13H25NO2/c1-10(2)6-7-13(16)14-8-4-5-12(9-14)11(3)15/h10-12,15H,4-9H2,1-3H3. The van der Waals surface area contributed by atoms with E-state index in [0.29, 0.717) is 12.3 Å². The monoisotopic (exact) mass is 227 g/mol. The Bertz CT molecular complexity index is 226. The minimum atomic E-state index is -0.291. The van der Waals surface area contributed by atoms with Gasteiger partial charge in [0.25, 0.3) is 0 Å². The number of piperidine rings is 1. The molecule has 3 nitrogen and oxygen atoms in total. The van der Waals surface area contributed by atoms with Crippen molar-refractivity contribution in [1.82, 2.24) is 4.90 Å². The Kier molecular flexibility index (Phi) is 5.26. The molecule has 1 N–H and O–H groups in total. The van der Waals surface area contributed by atoms with E-state index in [2.05, 4.69) is 13.8 Å². The molecule has 1 amide bonds. The van der Waals surface area contributed by atoms with Gasteiger partial charge in [0.1, 0.15) is 0 Å². The van der Waals surface area contributed by atoms with Gasteiger partial charge in [0.05, 0.1) is 6.10 Å². The summed E-state index contributed by atoms with van der Waals surface area (Å²) in [5.41, 5.74) is 0. The van der Waals surface area contributed by atoms with Gasteiger partial charge < -0.3 is 10.0 Å². The van der Waals surface area contributed by atoms with Crippen LogP contribution < -0.4 is 0 Å². The molecule has 94 valence electrons. The highest BCUT2D eigenvalue weighted by molar-refractivity contribution is 5.76. The summed E-state index contributed by atoms with van der Waals surface area (Å²) >= 11 is 0. The summed E-state index contributed by atoms with van der Waals surface area (Å²) in [4.78, 5) is 13.8. The average molecular weight is 227 g/mol. The van der Waals surface area contributed by atoms with Crippen molar-refractivity contribution in [2.45, 2.75) is 52.6 Å². The van der Waals surface area contributed by atoms with Gasteiger partial charge in [0.2, 0.25) is 5.91 Å². The first kappa shape index (κ1) is 13.5. The van der Waals surface area contributed by atoms with Crippen molar-refractivity contribution in [3.8, 4) is 0 Å². The zero-order valence-electron chi connectivity index (χ0n) is 10.8. The Morgan fingerprint density at radius 1 is 1.44 bits per heavy atom. The molecule has 1 aliphatic rings. The summed E-state index contributed by atoms with van der Waals surface area (Å²) in [5, 5.41) is 9.56. The van der Waals surface area contributed by atoms with Crippen molar-refractivity contribution in [3.63, 3.8) is 0 Å². The second kappa shape index (κ2) is 6.24. The number of carbonyl (C=O) groups excluding carboxylic acids is 1. The lowest BCUT2D eigenvalue weighted by atomic mass is 9.93. The smallest absolute Gasteiger partial charge is 0.222 e. The number of hydrogen-bond donors (Lipinski definition) is 1. The summed E-state index contributed by atoms with van der Waals surface area (Å²) < 4.78 is 0. The molecule has 0 aliphatic carbocycles. The maximum atomic E-state index is 11.9. The molecule has 1 fully saturated rings. The fraction of sp³-hybridized carbons (Fsp3) is 0.923. The second-order valence-corrected chi connectivity index (χ2v) is 5.42. The topological polar surface area (TPSA) is 40.5 Å². The first-order valence-corrected chi connectivity index (χ1v) is 6.46. The normalized spacial score (nSPS) is 23.6. The first-order valence-electron chi connectivity index (χ1n) is 6.46. The van der Waals surface area contributed by atoms with Gasteiger partial charge in [-0.15, -0.1) is 0 Å². The number of rotatable bonds is 4. The average Bonchev–Trinajstić information content (AvgIpc) is 2.26. The number of nitrogens with zero attached hydrogens (tertiary/aromatic N) is 1. The summed E-state index contributed by atoms with van der Waals surface area (Å²) in [6.07, 6.45) is 3.41. The van der Waals surface area contributed by atoms with Crippen molar-refractivity contribution in [2.24, 2.45) is 11.8 Å². The third-order valence-electron chi connectivity index (χ3n) is 3.43. The van der Waals surface area contributed by atoms with Crippen LogP contribution in [0.5, 0.6) is 0 Å². The van der Waals surface area contributed by atoms with Crippen LogP contribution in [-0.2, 0) is 4.79 Å². The van der Waals surface area contributed by atoms with Crippen LogP contribution in [0.15, 0.2) is 0 Å². The molecule has 0 radical (unpaired) electrons. The van der Waals surface area contributed by atoms with Crippen molar-refractivity contribution >= 4 is 5.91 Å². The molecule has 16 heavy (non-hydrogen) atoms. The van der Waals surface area contributed by atoms with E-state index >= 15 is 0 Å². The molecular weight excluding hydrogens is 202 g/mol. The number of aliphatic hydroxyl groups is 1. The Morgan fingerprint density at radius 2 is 2.12 bits per heavy atom. The van der Waals surface area contributed by atoms with Crippen LogP contribution >= 0.6 is 0 Å². The van der Waals surface area contributed by atoms with Crippen molar-refractivity contribution < 1.29 is 9.90 Å². The Hall–Kier alpha value is -0.570. The fourth-order valence-corrected chi connectivity index (χ4v) is 2.20. The van der Waals surface area contributed by atoms with E-state index in [1.165, 1.54) is 0 Å². The molecule has 0 saturated carbocycles. The van der Waals surface area contributed by atoms with E-state index in [-0.39, 0.29) is 17.9 Å². The van der Waals surface area contributed by atoms with Crippen LogP contribution in [0.1, 0.15) is 46.5 Å². The van der Waals surface area contributed by atoms with Gasteiger partial charge in [-0.2, -0.15) is 0 Å². The predicted octanol–water partition coefficient (Wildman–Crippen LogP) is 2.04. The maximum Gasteiger partial charge on any atom is 0.222 e. The van der Waals surface area contributed by atoms with Crippen LogP contribution in [0.3, 0.4) is 0 Å². The third-order valence-corrected chi connectivity index (χ3v) is 3.43. The number of hydrogen-bond acceptors (Lipinski definition) is 2. The number of amides is 1. The molecule has 1 heterocycles. The molecule has 2 atom stereocenters. The Balaban J connectivity index is 2.38. The highest BCUT2D eigenvalue weighted by atomic mass is 16.3. The third kappa shape index (κ3) is 4.12. The van der Waals surface area contributed by atoms with E-state index in [1.54, 1.807) is 0 Å². The molecule has 0 aromatic rings. The molecule has 0 spiro atoms. The van der Waals surface area contributed by atoms with Gasteiger partial charge in [0.15, 0.2) is 0 Å². The molecular formula is C13H25NO2. The Labute approximate surface area is 98.8 Å². The van der Waals surface area contributed by atoms with Gasteiger partial charge in [-0.1, -0.05) is 13.8 Å². The van der Waals surface area contributed by atoms with Gasteiger partial charge in [-0.05, 0) is 32.1 Å². The molecule has 0 bridgehead atoms. The lowest BCUT2D eigenvalue weighted by Crippen LogP contribution is -2.42. The molecule has 2 unspecified atom stereocenters. The molecule has 0 aromatic heterocycles. The maximum absolute atomic E-state index is 11.9. The predicted molar refractivity (Wildman–Crippen MR) is 65.1 cm³/mol. The van der Waals surface area contributed by atoms with Gasteiger partial charge in [-0.3, -0.25) is 4.79 Å². The quantitative estimate of drug-likeness (QED) is 0.798. The number of carbonyl (C=O) groups is 1. The number of aliphatic hydroxyl groups excluding tert-OH is 1. The first-order chi connectivity index (χ1) is 7.50. The van der Waals surface area contributed by atoms with Gasteiger partial charge in [0, 0.05) is 25.4 Å². The Morgan fingerprint density at radius 3 is 2.69 bits per heavy atom. The van der Waals surface area contributed by atoms with Gasteiger partial charge in [-0.25, -0.2) is 0 Å². The summed E-state index contributed by atoms with van der Waals surface area (Å²) in [5.74, 6) is 1.12.